The maximum atomic E-state index is 6.18. The Hall–Kier alpha value is -0.690. The van der Waals surface area contributed by atoms with Gasteiger partial charge in [0, 0.05) is 5.54 Å². The van der Waals surface area contributed by atoms with Gasteiger partial charge in [0.1, 0.15) is 0 Å². The van der Waals surface area contributed by atoms with E-state index >= 15 is 0 Å². The number of halogens is 1. The normalized spacial score (nSPS) is 11.6. The second-order valence-electron chi connectivity index (χ2n) is 4.81. The van der Waals surface area contributed by atoms with Gasteiger partial charge in [-0.25, -0.2) is 0 Å². The Bertz CT molecular complexity index is 314. The molecule has 0 fully saturated rings. The number of hydrogen-bond donors (Lipinski definition) is 1. The van der Waals surface area contributed by atoms with E-state index < -0.39 is 0 Å². The van der Waals surface area contributed by atoms with E-state index in [1.165, 1.54) is 11.1 Å². The van der Waals surface area contributed by atoms with E-state index in [1.807, 2.05) is 6.07 Å². The van der Waals surface area contributed by atoms with E-state index in [1.54, 1.807) is 0 Å². The Morgan fingerprint density at radius 3 is 2.14 bits per heavy atom. The predicted molar refractivity (Wildman–Crippen MR) is 64.3 cm³/mol. The molecule has 2 heteroatoms. The smallest absolute Gasteiger partial charge is 0.0643 e. The van der Waals surface area contributed by atoms with Crippen molar-refractivity contribution >= 4 is 17.3 Å². The number of aryl methyl sites for hydroxylation is 2. The Labute approximate surface area is 91.5 Å². The number of nitrogens with one attached hydrogen (secondary N) is 1. The van der Waals surface area contributed by atoms with Crippen LogP contribution in [0, 0.1) is 13.8 Å². The summed E-state index contributed by atoms with van der Waals surface area (Å²) in [6.07, 6.45) is 0. The van der Waals surface area contributed by atoms with E-state index in [0.717, 1.165) is 10.7 Å². The van der Waals surface area contributed by atoms with E-state index in [-0.39, 0.29) is 5.54 Å². The summed E-state index contributed by atoms with van der Waals surface area (Å²) in [5.74, 6) is 0. The standard InChI is InChI=1S/C12H18ClN/c1-8-6-9(2)11(10(13)7-8)14-12(3,4)5/h6-7,14H,1-5H3. The van der Waals surface area contributed by atoms with Crippen LogP contribution in [-0.4, -0.2) is 5.54 Å². The summed E-state index contributed by atoms with van der Waals surface area (Å²) in [6, 6.07) is 4.13. The van der Waals surface area contributed by atoms with Crippen LogP contribution in [0.5, 0.6) is 0 Å². The Morgan fingerprint density at radius 1 is 1.14 bits per heavy atom. The maximum Gasteiger partial charge on any atom is 0.0643 e. The van der Waals surface area contributed by atoms with Crippen molar-refractivity contribution in [3.8, 4) is 0 Å². The summed E-state index contributed by atoms with van der Waals surface area (Å²) >= 11 is 6.18. The molecule has 0 saturated heterocycles. The van der Waals surface area contributed by atoms with Gasteiger partial charge in [-0.2, -0.15) is 0 Å². The van der Waals surface area contributed by atoms with Crippen molar-refractivity contribution in [3.63, 3.8) is 0 Å². The molecule has 0 radical (unpaired) electrons. The van der Waals surface area contributed by atoms with Crippen molar-refractivity contribution in [2.45, 2.75) is 40.2 Å². The van der Waals surface area contributed by atoms with Gasteiger partial charge in [0.15, 0.2) is 0 Å². The van der Waals surface area contributed by atoms with Gasteiger partial charge >= 0.3 is 0 Å². The van der Waals surface area contributed by atoms with Crippen molar-refractivity contribution in [2.75, 3.05) is 5.32 Å². The molecule has 1 aromatic rings. The van der Waals surface area contributed by atoms with Gasteiger partial charge in [-0.1, -0.05) is 17.7 Å². The molecule has 0 aromatic heterocycles. The van der Waals surface area contributed by atoms with Gasteiger partial charge in [-0.3, -0.25) is 0 Å². The average molecular weight is 212 g/mol. The topological polar surface area (TPSA) is 12.0 Å². The van der Waals surface area contributed by atoms with Crippen LogP contribution in [0.2, 0.25) is 5.02 Å². The van der Waals surface area contributed by atoms with Gasteiger partial charge in [-0.05, 0) is 51.8 Å². The molecular formula is C12H18ClN. The number of benzene rings is 1. The highest BCUT2D eigenvalue weighted by Gasteiger charge is 2.13. The van der Waals surface area contributed by atoms with Crippen LogP contribution in [0.1, 0.15) is 31.9 Å². The molecule has 0 bridgehead atoms. The minimum absolute atomic E-state index is 0.0453. The summed E-state index contributed by atoms with van der Waals surface area (Å²) in [5, 5.41) is 4.22. The molecule has 0 aliphatic carbocycles. The summed E-state index contributed by atoms with van der Waals surface area (Å²) in [5.41, 5.74) is 3.49. The van der Waals surface area contributed by atoms with Gasteiger partial charge in [0.25, 0.3) is 0 Å². The van der Waals surface area contributed by atoms with Crippen LogP contribution in [0.3, 0.4) is 0 Å². The molecule has 0 unspecified atom stereocenters. The lowest BCUT2D eigenvalue weighted by Crippen LogP contribution is -2.26. The fourth-order valence-corrected chi connectivity index (χ4v) is 1.82. The molecule has 0 heterocycles. The highest BCUT2D eigenvalue weighted by atomic mass is 35.5. The zero-order valence-electron chi connectivity index (χ0n) is 9.53. The second-order valence-corrected chi connectivity index (χ2v) is 5.22. The van der Waals surface area contributed by atoms with Crippen molar-refractivity contribution in [1.82, 2.24) is 0 Å². The summed E-state index contributed by atoms with van der Waals surface area (Å²) in [4.78, 5) is 0. The first-order valence-electron chi connectivity index (χ1n) is 4.84. The quantitative estimate of drug-likeness (QED) is 0.736. The highest BCUT2D eigenvalue weighted by Crippen LogP contribution is 2.29. The molecule has 78 valence electrons. The monoisotopic (exact) mass is 211 g/mol. The fourth-order valence-electron chi connectivity index (χ4n) is 1.45. The van der Waals surface area contributed by atoms with Crippen molar-refractivity contribution in [3.05, 3.63) is 28.3 Å². The lowest BCUT2D eigenvalue weighted by Gasteiger charge is -2.24. The average Bonchev–Trinajstić information content (AvgIpc) is 1.95. The van der Waals surface area contributed by atoms with Crippen LogP contribution in [0.25, 0.3) is 0 Å². The molecule has 1 nitrogen and oxygen atoms in total. The molecule has 0 aliphatic rings. The number of hydrogen-bond acceptors (Lipinski definition) is 1. The molecule has 1 rings (SSSR count). The van der Waals surface area contributed by atoms with Gasteiger partial charge in [-0.15, -0.1) is 0 Å². The summed E-state index contributed by atoms with van der Waals surface area (Å²) in [7, 11) is 0. The van der Waals surface area contributed by atoms with E-state index in [2.05, 4.69) is 46.0 Å². The highest BCUT2D eigenvalue weighted by molar-refractivity contribution is 6.33. The van der Waals surface area contributed by atoms with Gasteiger partial charge in [0.05, 0.1) is 10.7 Å². The molecule has 14 heavy (non-hydrogen) atoms. The largest absolute Gasteiger partial charge is 0.379 e. The van der Waals surface area contributed by atoms with E-state index in [0.29, 0.717) is 0 Å². The minimum atomic E-state index is 0.0453. The van der Waals surface area contributed by atoms with Crippen LogP contribution in [0.4, 0.5) is 5.69 Å². The fraction of sp³-hybridized carbons (Fsp3) is 0.500. The third kappa shape index (κ3) is 2.91. The summed E-state index contributed by atoms with van der Waals surface area (Å²) in [6.45, 7) is 10.5. The predicted octanol–water partition coefficient (Wildman–Crippen LogP) is 4.17. The van der Waals surface area contributed by atoms with Crippen LogP contribution in [-0.2, 0) is 0 Å². The molecule has 0 saturated carbocycles. The Morgan fingerprint density at radius 2 is 1.71 bits per heavy atom. The third-order valence-electron chi connectivity index (χ3n) is 1.93. The molecule has 1 N–H and O–H groups in total. The summed E-state index contributed by atoms with van der Waals surface area (Å²) < 4.78 is 0. The molecular weight excluding hydrogens is 194 g/mol. The number of anilines is 1. The Kier molecular flexibility index (Phi) is 3.10. The van der Waals surface area contributed by atoms with Crippen LogP contribution >= 0.6 is 11.6 Å². The molecule has 0 spiro atoms. The van der Waals surface area contributed by atoms with Crippen LogP contribution < -0.4 is 5.32 Å². The lowest BCUT2D eigenvalue weighted by atomic mass is 10.1. The van der Waals surface area contributed by atoms with E-state index in [9.17, 15) is 0 Å². The van der Waals surface area contributed by atoms with Crippen molar-refractivity contribution in [1.29, 1.82) is 0 Å². The van der Waals surface area contributed by atoms with E-state index in [4.69, 9.17) is 11.6 Å². The first-order valence-corrected chi connectivity index (χ1v) is 5.22. The molecule has 1 aromatic carbocycles. The number of rotatable bonds is 1. The SMILES string of the molecule is Cc1cc(C)c(NC(C)(C)C)c(Cl)c1. The lowest BCUT2D eigenvalue weighted by molar-refractivity contribution is 0.633. The maximum absolute atomic E-state index is 6.18. The first kappa shape index (κ1) is 11.4. The van der Waals surface area contributed by atoms with Crippen molar-refractivity contribution < 1.29 is 0 Å². The van der Waals surface area contributed by atoms with Crippen LogP contribution in [0.15, 0.2) is 12.1 Å². The molecule has 0 atom stereocenters. The van der Waals surface area contributed by atoms with Gasteiger partial charge in [0.2, 0.25) is 0 Å². The second kappa shape index (κ2) is 3.82. The zero-order chi connectivity index (χ0) is 10.9. The molecule has 0 aliphatic heterocycles. The van der Waals surface area contributed by atoms with Gasteiger partial charge < -0.3 is 5.32 Å². The zero-order valence-corrected chi connectivity index (χ0v) is 10.3. The van der Waals surface area contributed by atoms with Crippen molar-refractivity contribution in [2.24, 2.45) is 0 Å². The third-order valence-corrected chi connectivity index (χ3v) is 2.23. The first-order chi connectivity index (χ1) is 6.29. The molecule has 0 amide bonds. The Balaban J connectivity index is 3.09. The minimum Gasteiger partial charge on any atom is -0.379 e.